The third-order valence-corrected chi connectivity index (χ3v) is 4.08. The number of unbranched alkanes of at least 4 members (excludes halogenated alkanes) is 1. The van der Waals surface area contributed by atoms with Gasteiger partial charge in [-0.05, 0) is 24.8 Å². The Morgan fingerprint density at radius 1 is 1.17 bits per heavy atom. The zero-order valence-corrected chi connectivity index (χ0v) is 13.6. The highest BCUT2D eigenvalue weighted by Gasteiger charge is 2.35. The van der Waals surface area contributed by atoms with Crippen molar-refractivity contribution < 1.29 is 19.1 Å². The highest BCUT2D eigenvalue weighted by Crippen LogP contribution is 2.27. The summed E-state index contributed by atoms with van der Waals surface area (Å²) in [4.78, 5) is 24.0. The Morgan fingerprint density at radius 2 is 1.96 bits per heavy atom. The van der Waals surface area contributed by atoms with E-state index in [1.54, 1.807) is 0 Å². The molecule has 5 nitrogen and oxygen atoms in total. The molecule has 0 saturated heterocycles. The van der Waals surface area contributed by atoms with Gasteiger partial charge in [0.2, 0.25) is 0 Å². The van der Waals surface area contributed by atoms with E-state index in [1.165, 1.54) is 0 Å². The molecule has 1 fully saturated rings. The van der Waals surface area contributed by atoms with E-state index in [1.807, 2.05) is 30.3 Å². The van der Waals surface area contributed by atoms with E-state index in [9.17, 15) is 9.59 Å². The van der Waals surface area contributed by atoms with E-state index in [0.29, 0.717) is 6.61 Å². The fourth-order valence-electron chi connectivity index (χ4n) is 2.76. The summed E-state index contributed by atoms with van der Waals surface area (Å²) in [6, 6.07) is 9.32. The topological polar surface area (TPSA) is 64.6 Å². The lowest BCUT2D eigenvalue weighted by Crippen LogP contribution is -2.41. The van der Waals surface area contributed by atoms with Gasteiger partial charge in [-0.2, -0.15) is 0 Å². The van der Waals surface area contributed by atoms with Gasteiger partial charge in [-0.15, -0.1) is 0 Å². The van der Waals surface area contributed by atoms with Gasteiger partial charge in [0.15, 0.2) is 0 Å². The Balaban J connectivity index is 1.76. The van der Waals surface area contributed by atoms with Gasteiger partial charge >= 0.3 is 12.1 Å². The van der Waals surface area contributed by atoms with Crippen molar-refractivity contribution >= 4 is 12.1 Å². The number of amides is 1. The summed E-state index contributed by atoms with van der Waals surface area (Å²) in [6.45, 7) is 2.73. The summed E-state index contributed by atoms with van der Waals surface area (Å²) < 4.78 is 10.5. The van der Waals surface area contributed by atoms with Crippen LogP contribution >= 0.6 is 0 Å². The third-order valence-electron chi connectivity index (χ3n) is 4.08. The van der Waals surface area contributed by atoms with Crippen LogP contribution in [-0.2, 0) is 20.9 Å². The summed E-state index contributed by atoms with van der Waals surface area (Å²) in [5.74, 6) is -0.458. The van der Waals surface area contributed by atoms with Crippen molar-refractivity contribution in [2.24, 2.45) is 5.92 Å². The number of hydrogen-bond acceptors (Lipinski definition) is 4. The van der Waals surface area contributed by atoms with Gasteiger partial charge in [0.1, 0.15) is 6.61 Å². The molecule has 5 heteroatoms. The predicted molar refractivity (Wildman–Crippen MR) is 86.8 cm³/mol. The van der Waals surface area contributed by atoms with Crippen molar-refractivity contribution in [3.05, 3.63) is 35.9 Å². The van der Waals surface area contributed by atoms with Gasteiger partial charge in [-0.3, -0.25) is 4.79 Å². The van der Waals surface area contributed by atoms with Crippen LogP contribution in [-0.4, -0.2) is 24.7 Å². The minimum absolute atomic E-state index is 0.188. The largest absolute Gasteiger partial charge is 0.465 e. The number of hydrogen-bond donors (Lipinski definition) is 1. The average Bonchev–Trinajstić information content (AvgIpc) is 3.02. The Labute approximate surface area is 137 Å². The van der Waals surface area contributed by atoms with Crippen molar-refractivity contribution in [3.8, 4) is 0 Å². The lowest BCUT2D eigenvalue weighted by Gasteiger charge is -2.19. The van der Waals surface area contributed by atoms with Crippen molar-refractivity contribution in [1.82, 2.24) is 5.32 Å². The van der Waals surface area contributed by atoms with Crippen molar-refractivity contribution in [2.45, 2.75) is 51.7 Å². The molecule has 0 bridgehead atoms. The molecule has 0 heterocycles. The number of alkyl carbamates (subject to hydrolysis) is 1. The van der Waals surface area contributed by atoms with Gasteiger partial charge in [-0.1, -0.05) is 50.1 Å². The van der Waals surface area contributed by atoms with Crippen molar-refractivity contribution in [1.29, 1.82) is 0 Å². The normalized spacial score (nSPS) is 20.0. The van der Waals surface area contributed by atoms with Crippen LogP contribution in [0.25, 0.3) is 0 Å². The quantitative estimate of drug-likeness (QED) is 0.618. The molecule has 2 atom stereocenters. The number of carbonyl (C=O) groups is 2. The molecule has 1 aliphatic rings. The number of benzene rings is 1. The van der Waals surface area contributed by atoms with E-state index in [4.69, 9.17) is 9.47 Å². The number of rotatable bonds is 7. The molecule has 1 aromatic rings. The van der Waals surface area contributed by atoms with Crippen LogP contribution < -0.4 is 5.32 Å². The minimum Gasteiger partial charge on any atom is -0.465 e. The van der Waals surface area contributed by atoms with Gasteiger partial charge in [0.25, 0.3) is 0 Å². The molecule has 0 unspecified atom stereocenters. The number of esters is 1. The van der Waals surface area contributed by atoms with Crippen LogP contribution in [0.3, 0.4) is 0 Å². The summed E-state index contributed by atoms with van der Waals surface area (Å²) in [6.07, 6.45) is 3.84. The van der Waals surface area contributed by atoms with Gasteiger partial charge < -0.3 is 14.8 Å². The van der Waals surface area contributed by atoms with Crippen molar-refractivity contribution in [2.75, 3.05) is 6.61 Å². The zero-order valence-electron chi connectivity index (χ0n) is 13.6. The Morgan fingerprint density at radius 3 is 2.70 bits per heavy atom. The zero-order chi connectivity index (χ0) is 16.5. The molecular formula is C18H25NO4. The first-order chi connectivity index (χ1) is 11.2. The first-order valence-corrected chi connectivity index (χ1v) is 8.34. The van der Waals surface area contributed by atoms with Crippen LogP contribution in [0.2, 0.25) is 0 Å². The van der Waals surface area contributed by atoms with Crippen LogP contribution in [0.4, 0.5) is 4.79 Å². The predicted octanol–water partition coefficient (Wildman–Crippen LogP) is 3.42. The maximum atomic E-state index is 12.1. The maximum absolute atomic E-state index is 12.1. The molecule has 1 aliphatic carbocycles. The molecule has 0 radical (unpaired) electrons. The molecule has 1 amide bonds. The number of nitrogens with one attached hydrogen (secondary N) is 1. The number of ether oxygens (including phenoxy) is 2. The van der Waals surface area contributed by atoms with Gasteiger partial charge in [-0.25, -0.2) is 4.79 Å². The molecule has 1 aromatic carbocycles. The summed E-state index contributed by atoms with van der Waals surface area (Å²) >= 11 is 0. The molecular weight excluding hydrogens is 294 g/mol. The highest BCUT2D eigenvalue weighted by molar-refractivity contribution is 5.75. The molecule has 23 heavy (non-hydrogen) atoms. The lowest BCUT2D eigenvalue weighted by atomic mass is 10.0. The Bertz CT molecular complexity index is 503. The first kappa shape index (κ1) is 17.3. The van der Waals surface area contributed by atoms with Crippen LogP contribution in [0, 0.1) is 5.92 Å². The Kier molecular flexibility index (Phi) is 6.91. The van der Waals surface area contributed by atoms with E-state index < -0.39 is 6.09 Å². The number of carbonyl (C=O) groups excluding carboxylic acids is 2. The summed E-state index contributed by atoms with van der Waals surface area (Å²) in [5, 5.41) is 2.81. The van der Waals surface area contributed by atoms with Crippen LogP contribution in [0.1, 0.15) is 44.6 Å². The van der Waals surface area contributed by atoms with Gasteiger partial charge in [0, 0.05) is 6.04 Å². The van der Waals surface area contributed by atoms with E-state index in [0.717, 1.165) is 37.7 Å². The fourth-order valence-corrected chi connectivity index (χ4v) is 2.76. The summed E-state index contributed by atoms with van der Waals surface area (Å²) in [5.41, 5.74) is 0.935. The lowest BCUT2D eigenvalue weighted by molar-refractivity contribution is -0.149. The summed E-state index contributed by atoms with van der Waals surface area (Å²) in [7, 11) is 0. The molecule has 0 spiro atoms. The third kappa shape index (κ3) is 5.58. The van der Waals surface area contributed by atoms with E-state index in [-0.39, 0.29) is 24.5 Å². The molecule has 126 valence electrons. The van der Waals surface area contributed by atoms with E-state index in [2.05, 4.69) is 12.2 Å². The van der Waals surface area contributed by atoms with Gasteiger partial charge in [0.05, 0.1) is 12.5 Å². The molecule has 1 N–H and O–H groups in total. The second-order valence-electron chi connectivity index (χ2n) is 5.87. The maximum Gasteiger partial charge on any atom is 0.407 e. The Hall–Kier alpha value is -2.04. The fraction of sp³-hybridized carbons (Fsp3) is 0.556. The van der Waals surface area contributed by atoms with E-state index >= 15 is 0 Å². The molecule has 2 rings (SSSR count). The van der Waals surface area contributed by atoms with Crippen molar-refractivity contribution in [3.63, 3.8) is 0 Å². The highest BCUT2D eigenvalue weighted by atomic mass is 16.5. The van der Waals surface area contributed by atoms with Crippen LogP contribution in [0.5, 0.6) is 0 Å². The molecule has 1 saturated carbocycles. The standard InChI is InChI=1S/C18H25NO4/c1-2-3-12-22-17(20)15-10-7-11-16(15)19-18(21)23-13-14-8-5-4-6-9-14/h4-6,8-9,15-16H,2-3,7,10-13H2,1H3,(H,19,21)/t15-,16+/m1/s1. The molecule has 0 aromatic heterocycles. The first-order valence-electron chi connectivity index (χ1n) is 8.34. The smallest absolute Gasteiger partial charge is 0.407 e. The second kappa shape index (κ2) is 9.18. The molecule has 0 aliphatic heterocycles. The second-order valence-corrected chi connectivity index (χ2v) is 5.87. The SMILES string of the molecule is CCCCOC(=O)[C@@H]1CCC[C@@H]1NC(=O)OCc1ccccc1. The van der Waals surface area contributed by atoms with Crippen LogP contribution in [0.15, 0.2) is 30.3 Å². The minimum atomic E-state index is -0.480. The monoisotopic (exact) mass is 319 g/mol. The average molecular weight is 319 g/mol.